The second-order valence-corrected chi connectivity index (χ2v) is 5.56. The number of rotatable bonds is 1. The molecule has 0 saturated carbocycles. The van der Waals surface area contributed by atoms with Gasteiger partial charge in [-0.05, 0) is 36.6 Å². The molecule has 98 valence electrons. The Morgan fingerprint density at radius 3 is 2.95 bits per heavy atom. The maximum Gasteiger partial charge on any atom is 0.134 e. The van der Waals surface area contributed by atoms with Gasteiger partial charge in [-0.15, -0.1) is 0 Å². The van der Waals surface area contributed by atoms with Crippen molar-refractivity contribution in [3.05, 3.63) is 83.2 Å². The number of benzene rings is 1. The van der Waals surface area contributed by atoms with Gasteiger partial charge < -0.3 is 4.42 Å². The topological polar surface area (TPSA) is 13.1 Å². The van der Waals surface area contributed by atoms with Crippen LogP contribution in [-0.2, 0) is 0 Å². The molecule has 1 unspecified atom stereocenters. The van der Waals surface area contributed by atoms with Crippen LogP contribution >= 0.6 is 0 Å². The van der Waals surface area contributed by atoms with Crippen LogP contribution in [-0.4, -0.2) is 0 Å². The molecule has 2 aliphatic carbocycles. The van der Waals surface area contributed by atoms with Crippen molar-refractivity contribution in [2.75, 3.05) is 0 Å². The third kappa shape index (κ3) is 1.78. The van der Waals surface area contributed by atoms with Crippen molar-refractivity contribution in [1.82, 2.24) is 0 Å². The molecular weight excluding hydrogens is 244 g/mol. The third-order valence-corrected chi connectivity index (χ3v) is 4.04. The summed E-state index contributed by atoms with van der Waals surface area (Å²) in [4.78, 5) is 0. The van der Waals surface area contributed by atoms with E-state index in [0.29, 0.717) is 0 Å². The van der Waals surface area contributed by atoms with Gasteiger partial charge in [-0.2, -0.15) is 0 Å². The molecule has 0 bridgehead atoms. The first kappa shape index (κ1) is 11.5. The summed E-state index contributed by atoms with van der Waals surface area (Å²) in [6.07, 6.45) is 12.1. The number of hydrogen-bond acceptors (Lipinski definition) is 1. The van der Waals surface area contributed by atoms with E-state index in [1.807, 2.05) is 12.1 Å². The molecule has 0 amide bonds. The maximum atomic E-state index is 6.06. The van der Waals surface area contributed by atoms with Crippen LogP contribution in [0, 0.1) is 0 Å². The van der Waals surface area contributed by atoms with E-state index in [0.717, 1.165) is 17.8 Å². The normalized spacial score (nSPS) is 21.2. The van der Waals surface area contributed by atoms with Gasteiger partial charge in [0.05, 0.1) is 5.92 Å². The number of allylic oxidation sites excluding steroid dienone is 8. The number of furan rings is 1. The van der Waals surface area contributed by atoms with E-state index in [4.69, 9.17) is 4.42 Å². The van der Waals surface area contributed by atoms with Gasteiger partial charge >= 0.3 is 0 Å². The summed E-state index contributed by atoms with van der Waals surface area (Å²) in [5.74, 6) is 1.26. The third-order valence-electron chi connectivity index (χ3n) is 4.04. The largest absolute Gasteiger partial charge is 0.460 e. The summed E-state index contributed by atoms with van der Waals surface area (Å²) in [7, 11) is 0. The number of hydrogen-bond donors (Lipinski definition) is 0. The highest BCUT2D eigenvalue weighted by Gasteiger charge is 2.23. The van der Waals surface area contributed by atoms with E-state index in [1.165, 1.54) is 22.1 Å². The fraction of sp³-hybridized carbons (Fsp3) is 0.158. The summed E-state index contributed by atoms with van der Waals surface area (Å²) in [5.41, 5.74) is 5.19. The van der Waals surface area contributed by atoms with Gasteiger partial charge in [-0.3, -0.25) is 0 Å². The van der Waals surface area contributed by atoms with Crippen LogP contribution in [0.1, 0.15) is 25.0 Å². The second kappa shape index (κ2) is 4.38. The predicted octanol–water partition coefficient (Wildman–Crippen LogP) is 5.29. The molecule has 0 fully saturated rings. The Morgan fingerprint density at radius 2 is 2.05 bits per heavy atom. The van der Waals surface area contributed by atoms with Crippen molar-refractivity contribution >= 4 is 11.0 Å². The standard InChI is InChI=1S/C19H16O/c1-13-10-14-6-2-4-8-16(17(14)11-13)19-12-15-7-3-5-9-18(15)20-19/h2-9,11-12,16H,10H2,1H3. The van der Waals surface area contributed by atoms with Crippen molar-refractivity contribution in [3.63, 3.8) is 0 Å². The molecule has 0 radical (unpaired) electrons. The lowest BCUT2D eigenvalue weighted by Gasteiger charge is -2.11. The fourth-order valence-corrected chi connectivity index (χ4v) is 3.11. The van der Waals surface area contributed by atoms with Crippen LogP contribution < -0.4 is 0 Å². The molecule has 0 aliphatic heterocycles. The van der Waals surface area contributed by atoms with E-state index < -0.39 is 0 Å². The molecule has 20 heavy (non-hydrogen) atoms. The van der Waals surface area contributed by atoms with Gasteiger partial charge in [0.15, 0.2) is 0 Å². The van der Waals surface area contributed by atoms with Crippen LogP contribution in [0.25, 0.3) is 11.0 Å². The van der Waals surface area contributed by atoms with Crippen molar-refractivity contribution in [1.29, 1.82) is 0 Å². The van der Waals surface area contributed by atoms with Crippen molar-refractivity contribution in [2.24, 2.45) is 0 Å². The molecule has 1 heterocycles. The predicted molar refractivity (Wildman–Crippen MR) is 82.6 cm³/mol. The Labute approximate surface area is 118 Å². The van der Waals surface area contributed by atoms with Gasteiger partial charge in [-0.25, -0.2) is 0 Å². The minimum absolute atomic E-state index is 0.227. The smallest absolute Gasteiger partial charge is 0.134 e. The van der Waals surface area contributed by atoms with Gasteiger partial charge in [0.25, 0.3) is 0 Å². The van der Waals surface area contributed by atoms with Gasteiger partial charge in [-0.1, -0.05) is 54.2 Å². The molecule has 1 aromatic heterocycles. The van der Waals surface area contributed by atoms with Crippen molar-refractivity contribution < 1.29 is 4.42 Å². The van der Waals surface area contributed by atoms with Gasteiger partial charge in [0, 0.05) is 5.39 Å². The van der Waals surface area contributed by atoms with E-state index in [9.17, 15) is 0 Å². The molecule has 0 N–H and O–H groups in total. The molecule has 1 heteroatoms. The number of fused-ring (bicyclic) bond motifs is 1. The minimum Gasteiger partial charge on any atom is -0.460 e. The van der Waals surface area contributed by atoms with Crippen LogP contribution in [0.2, 0.25) is 0 Å². The molecule has 4 rings (SSSR count). The molecule has 1 atom stereocenters. The Balaban J connectivity index is 1.85. The van der Waals surface area contributed by atoms with Gasteiger partial charge in [0.2, 0.25) is 0 Å². The lowest BCUT2D eigenvalue weighted by Crippen LogP contribution is -1.96. The average Bonchev–Trinajstić information content (AvgIpc) is 2.97. The lowest BCUT2D eigenvalue weighted by atomic mass is 9.94. The van der Waals surface area contributed by atoms with Crippen molar-refractivity contribution in [3.8, 4) is 0 Å². The molecule has 0 saturated heterocycles. The first-order valence-electron chi connectivity index (χ1n) is 7.05. The van der Waals surface area contributed by atoms with E-state index >= 15 is 0 Å². The average molecular weight is 260 g/mol. The van der Waals surface area contributed by atoms with E-state index in [-0.39, 0.29) is 5.92 Å². The zero-order chi connectivity index (χ0) is 13.5. The van der Waals surface area contributed by atoms with Crippen LogP contribution in [0.5, 0.6) is 0 Å². The monoisotopic (exact) mass is 260 g/mol. The van der Waals surface area contributed by atoms with Crippen molar-refractivity contribution in [2.45, 2.75) is 19.3 Å². The quantitative estimate of drug-likeness (QED) is 0.679. The second-order valence-electron chi connectivity index (χ2n) is 5.56. The Morgan fingerprint density at radius 1 is 1.15 bits per heavy atom. The molecule has 1 aromatic carbocycles. The maximum absolute atomic E-state index is 6.06. The number of para-hydroxylation sites is 1. The summed E-state index contributed by atoms with van der Waals surface area (Å²) in [5, 5.41) is 1.17. The molecule has 0 spiro atoms. The highest BCUT2D eigenvalue weighted by atomic mass is 16.3. The summed E-state index contributed by atoms with van der Waals surface area (Å²) < 4.78 is 6.06. The van der Waals surface area contributed by atoms with Crippen LogP contribution in [0.4, 0.5) is 0 Å². The minimum atomic E-state index is 0.227. The Hall–Kier alpha value is -2.28. The highest BCUT2D eigenvalue weighted by Crippen LogP contribution is 2.40. The SMILES string of the molecule is CC1=CC2=C(C=CC=CC2c2cc3ccccc3o2)C1. The molecular formula is C19H16O. The molecule has 2 aromatic rings. The Bertz CT molecular complexity index is 763. The van der Waals surface area contributed by atoms with E-state index in [1.54, 1.807) is 0 Å². The fourth-order valence-electron chi connectivity index (χ4n) is 3.11. The van der Waals surface area contributed by atoms with Gasteiger partial charge in [0.1, 0.15) is 11.3 Å². The first-order valence-corrected chi connectivity index (χ1v) is 7.05. The Kier molecular flexibility index (Phi) is 2.53. The van der Waals surface area contributed by atoms with Crippen LogP contribution in [0.15, 0.2) is 81.8 Å². The zero-order valence-corrected chi connectivity index (χ0v) is 11.5. The summed E-state index contributed by atoms with van der Waals surface area (Å²) in [6, 6.07) is 10.4. The van der Waals surface area contributed by atoms with Crippen LogP contribution in [0.3, 0.4) is 0 Å². The highest BCUT2D eigenvalue weighted by molar-refractivity contribution is 5.78. The van der Waals surface area contributed by atoms with E-state index in [2.05, 4.69) is 55.5 Å². The lowest BCUT2D eigenvalue weighted by molar-refractivity contribution is 0.545. The molecule has 2 aliphatic rings. The first-order chi connectivity index (χ1) is 9.81. The summed E-state index contributed by atoms with van der Waals surface area (Å²) >= 11 is 0. The zero-order valence-electron chi connectivity index (χ0n) is 11.5. The summed E-state index contributed by atoms with van der Waals surface area (Å²) in [6.45, 7) is 2.20. The molecule has 1 nitrogen and oxygen atoms in total.